The Morgan fingerprint density at radius 1 is 1.61 bits per heavy atom. The van der Waals surface area contributed by atoms with Crippen molar-refractivity contribution < 1.29 is 14.1 Å². The van der Waals surface area contributed by atoms with E-state index < -0.39 is 10.7 Å². The summed E-state index contributed by atoms with van der Waals surface area (Å²) < 4.78 is 18.5. The smallest absolute Gasteiger partial charge is 0.295 e. The summed E-state index contributed by atoms with van der Waals surface area (Å²) >= 11 is 0. The summed E-state index contributed by atoms with van der Waals surface area (Å²) in [5.41, 5.74) is -0.239. The normalized spacial score (nSPS) is 23.0. The van der Waals surface area contributed by atoms with Gasteiger partial charge >= 0.3 is 0 Å². The lowest BCUT2D eigenvalue weighted by Gasteiger charge is -2.23. The first kappa shape index (κ1) is 12.8. The summed E-state index contributed by atoms with van der Waals surface area (Å²) in [5.74, 6) is -0.615. The Morgan fingerprint density at radius 3 is 3.00 bits per heavy atom. The molecule has 2 rings (SSSR count). The molecule has 0 radical (unpaired) electrons. The van der Waals surface area contributed by atoms with Crippen LogP contribution in [0, 0.1) is 15.9 Å². The van der Waals surface area contributed by atoms with Crippen molar-refractivity contribution in [2.75, 3.05) is 18.5 Å². The molecule has 1 aliphatic rings. The van der Waals surface area contributed by atoms with Crippen molar-refractivity contribution >= 4 is 11.4 Å². The molecule has 1 saturated heterocycles. The first-order valence-electron chi connectivity index (χ1n) is 5.82. The van der Waals surface area contributed by atoms with Crippen molar-refractivity contribution in [3.8, 4) is 0 Å². The van der Waals surface area contributed by atoms with Crippen LogP contribution in [0.25, 0.3) is 0 Å². The Balaban J connectivity index is 2.11. The van der Waals surface area contributed by atoms with E-state index in [0.29, 0.717) is 18.8 Å². The number of nitro groups is 1. The Morgan fingerprint density at radius 2 is 2.39 bits per heavy atom. The number of rotatable bonds is 4. The van der Waals surface area contributed by atoms with E-state index in [4.69, 9.17) is 4.74 Å². The van der Waals surface area contributed by atoms with Crippen LogP contribution in [0.4, 0.5) is 15.8 Å². The predicted molar refractivity (Wildman–Crippen MR) is 65.1 cm³/mol. The van der Waals surface area contributed by atoms with Crippen molar-refractivity contribution in [3.05, 3.63) is 34.1 Å². The summed E-state index contributed by atoms with van der Waals surface area (Å²) in [6.07, 6.45) is 1.90. The van der Waals surface area contributed by atoms with Crippen LogP contribution in [0.3, 0.4) is 0 Å². The molecule has 98 valence electrons. The lowest BCUT2D eigenvalue weighted by Crippen LogP contribution is -2.32. The number of halogens is 1. The molecule has 1 aromatic rings. The lowest BCUT2D eigenvalue weighted by molar-refractivity contribution is -0.384. The van der Waals surface area contributed by atoms with E-state index in [-0.39, 0.29) is 11.3 Å². The standard InChI is InChI=1S/C12H15FN2O3/c1-12(5-2-6-18-12)8-14-10-4-3-9(13)7-11(10)15(16)17/h3-4,7,14H,2,5-6,8H2,1H3. The van der Waals surface area contributed by atoms with Gasteiger partial charge in [0, 0.05) is 13.2 Å². The highest BCUT2D eigenvalue weighted by Gasteiger charge is 2.30. The number of nitro benzene ring substituents is 1. The van der Waals surface area contributed by atoms with Crippen LogP contribution in [0.1, 0.15) is 19.8 Å². The first-order valence-corrected chi connectivity index (χ1v) is 5.82. The molecule has 0 bridgehead atoms. The predicted octanol–water partition coefficient (Wildman–Crippen LogP) is 2.71. The van der Waals surface area contributed by atoms with Gasteiger partial charge in [0.25, 0.3) is 5.69 Å². The second-order valence-corrected chi connectivity index (χ2v) is 4.67. The van der Waals surface area contributed by atoms with Crippen molar-refractivity contribution in [2.45, 2.75) is 25.4 Å². The Labute approximate surface area is 104 Å². The fourth-order valence-corrected chi connectivity index (χ4v) is 2.06. The molecule has 6 heteroatoms. The van der Waals surface area contributed by atoms with E-state index in [1.54, 1.807) is 0 Å². The number of benzene rings is 1. The van der Waals surface area contributed by atoms with Gasteiger partial charge in [0.15, 0.2) is 0 Å². The minimum Gasteiger partial charge on any atom is -0.377 e. The number of nitrogens with one attached hydrogen (secondary N) is 1. The minimum atomic E-state index is -0.615. The molecule has 1 aromatic carbocycles. The van der Waals surface area contributed by atoms with Gasteiger partial charge in [-0.05, 0) is 31.9 Å². The average molecular weight is 254 g/mol. The van der Waals surface area contributed by atoms with E-state index >= 15 is 0 Å². The number of ether oxygens (including phenoxy) is 1. The lowest BCUT2D eigenvalue weighted by atomic mass is 10.0. The van der Waals surface area contributed by atoms with Crippen LogP contribution >= 0.6 is 0 Å². The molecule has 0 spiro atoms. The molecular weight excluding hydrogens is 239 g/mol. The van der Waals surface area contributed by atoms with Crippen LogP contribution in [-0.4, -0.2) is 23.7 Å². The van der Waals surface area contributed by atoms with E-state index in [0.717, 1.165) is 18.9 Å². The molecule has 1 heterocycles. The maximum Gasteiger partial charge on any atom is 0.295 e. The van der Waals surface area contributed by atoms with Crippen molar-refractivity contribution in [2.24, 2.45) is 0 Å². The van der Waals surface area contributed by atoms with Gasteiger partial charge < -0.3 is 10.1 Å². The SMILES string of the molecule is CC1(CNc2ccc(F)cc2[N+](=O)[O-])CCCO1. The summed E-state index contributed by atoms with van der Waals surface area (Å²) in [5, 5.41) is 13.8. The number of anilines is 1. The molecule has 18 heavy (non-hydrogen) atoms. The first-order chi connectivity index (χ1) is 8.50. The zero-order valence-electron chi connectivity index (χ0n) is 10.1. The largest absolute Gasteiger partial charge is 0.377 e. The van der Waals surface area contributed by atoms with Crippen LogP contribution in [0.2, 0.25) is 0 Å². The third kappa shape index (κ3) is 2.76. The highest BCUT2D eigenvalue weighted by atomic mass is 19.1. The van der Waals surface area contributed by atoms with E-state index in [9.17, 15) is 14.5 Å². The van der Waals surface area contributed by atoms with Gasteiger partial charge in [0.2, 0.25) is 0 Å². The summed E-state index contributed by atoms with van der Waals surface area (Å²) in [6, 6.07) is 3.50. The van der Waals surface area contributed by atoms with Gasteiger partial charge in [-0.25, -0.2) is 4.39 Å². The van der Waals surface area contributed by atoms with E-state index in [1.807, 2.05) is 6.92 Å². The van der Waals surface area contributed by atoms with Gasteiger partial charge in [-0.3, -0.25) is 10.1 Å². The minimum absolute atomic E-state index is 0.253. The molecule has 1 N–H and O–H groups in total. The fourth-order valence-electron chi connectivity index (χ4n) is 2.06. The van der Waals surface area contributed by atoms with Gasteiger partial charge in [-0.15, -0.1) is 0 Å². The van der Waals surface area contributed by atoms with Crippen molar-refractivity contribution in [1.82, 2.24) is 0 Å². The summed E-state index contributed by atoms with van der Waals surface area (Å²) in [6.45, 7) is 3.14. The topological polar surface area (TPSA) is 64.4 Å². The zero-order chi connectivity index (χ0) is 13.2. The molecule has 1 unspecified atom stereocenters. The van der Waals surface area contributed by atoms with Crippen LogP contribution in [0.15, 0.2) is 18.2 Å². The van der Waals surface area contributed by atoms with Gasteiger partial charge in [-0.2, -0.15) is 0 Å². The van der Waals surface area contributed by atoms with Crippen LogP contribution < -0.4 is 5.32 Å². The maximum atomic E-state index is 13.0. The van der Waals surface area contributed by atoms with Crippen molar-refractivity contribution in [3.63, 3.8) is 0 Å². The van der Waals surface area contributed by atoms with E-state index in [1.165, 1.54) is 12.1 Å². The quantitative estimate of drug-likeness (QED) is 0.662. The number of hydrogen-bond acceptors (Lipinski definition) is 4. The van der Waals surface area contributed by atoms with Crippen molar-refractivity contribution in [1.29, 1.82) is 0 Å². The molecule has 1 aliphatic heterocycles. The summed E-state index contributed by atoms with van der Waals surface area (Å²) in [4.78, 5) is 10.2. The molecule has 5 nitrogen and oxygen atoms in total. The molecule has 0 amide bonds. The summed E-state index contributed by atoms with van der Waals surface area (Å²) in [7, 11) is 0. The average Bonchev–Trinajstić information content (AvgIpc) is 2.75. The highest BCUT2D eigenvalue weighted by molar-refractivity contribution is 5.61. The third-order valence-corrected chi connectivity index (χ3v) is 3.11. The molecule has 1 fully saturated rings. The zero-order valence-corrected chi connectivity index (χ0v) is 10.1. The molecule has 1 atom stereocenters. The Hall–Kier alpha value is -1.69. The second-order valence-electron chi connectivity index (χ2n) is 4.67. The fraction of sp³-hybridized carbons (Fsp3) is 0.500. The van der Waals surface area contributed by atoms with Gasteiger partial charge in [0.05, 0.1) is 16.6 Å². The highest BCUT2D eigenvalue weighted by Crippen LogP contribution is 2.29. The van der Waals surface area contributed by atoms with Crippen LogP contribution in [0.5, 0.6) is 0 Å². The van der Waals surface area contributed by atoms with Crippen LogP contribution in [-0.2, 0) is 4.74 Å². The van der Waals surface area contributed by atoms with Gasteiger partial charge in [-0.1, -0.05) is 0 Å². The second kappa shape index (κ2) is 4.89. The molecule has 0 aliphatic carbocycles. The molecular formula is C12H15FN2O3. The molecule has 0 saturated carbocycles. The number of nitrogens with zero attached hydrogens (tertiary/aromatic N) is 1. The number of hydrogen-bond donors (Lipinski definition) is 1. The van der Waals surface area contributed by atoms with Gasteiger partial charge in [0.1, 0.15) is 11.5 Å². The third-order valence-electron chi connectivity index (χ3n) is 3.11. The molecule has 0 aromatic heterocycles. The monoisotopic (exact) mass is 254 g/mol. The van der Waals surface area contributed by atoms with E-state index in [2.05, 4.69) is 5.32 Å². The Kier molecular flexibility index (Phi) is 3.47. The maximum absolute atomic E-state index is 13.0. The Bertz CT molecular complexity index is 459.